The molecule has 0 atom stereocenters. The van der Waals surface area contributed by atoms with Gasteiger partial charge in [-0.05, 0) is 35.8 Å². The van der Waals surface area contributed by atoms with E-state index in [2.05, 4.69) is 10.00 Å². The van der Waals surface area contributed by atoms with Crippen molar-refractivity contribution in [2.75, 3.05) is 26.2 Å². The molecule has 0 saturated carbocycles. The predicted molar refractivity (Wildman–Crippen MR) is 103 cm³/mol. The number of carbonyl (C=O) groups excluding carboxylic acids is 1. The highest BCUT2D eigenvalue weighted by Gasteiger charge is 2.23. The number of amides is 1. The Labute approximate surface area is 160 Å². The number of piperazine rings is 1. The Morgan fingerprint density at radius 1 is 1.12 bits per heavy atom. The summed E-state index contributed by atoms with van der Waals surface area (Å²) in [5.41, 5.74) is 0.906. The zero-order valence-electron chi connectivity index (χ0n) is 14.1. The molecule has 1 fully saturated rings. The number of thiophene rings is 1. The van der Waals surface area contributed by atoms with E-state index in [4.69, 9.17) is 16.6 Å². The molecule has 2 aromatic heterocycles. The molecular formula is C18H18N4O2S2. The average Bonchev–Trinajstić information content (AvgIpc) is 3.33. The van der Waals surface area contributed by atoms with Gasteiger partial charge >= 0.3 is 0 Å². The molecule has 134 valence electrons. The third-order valence-corrected chi connectivity index (χ3v) is 5.50. The predicted octanol–water partition coefficient (Wildman–Crippen LogP) is 3.35. The quantitative estimate of drug-likeness (QED) is 0.644. The molecule has 0 unspecified atom stereocenters. The van der Waals surface area contributed by atoms with Crippen LogP contribution in [0, 0.1) is 4.84 Å². The Kier molecular flexibility index (Phi) is 4.96. The molecule has 0 N–H and O–H groups in total. The molecule has 3 heterocycles. The topological polar surface area (TPSA) is 54.5 Å². The minimum absolute atomic E-state index is 0.115. The number of hydrogen-bond acceptors (Lipinski definition) is 6. The highest BCUT2D eigenvalue weighted by Crippen LogP contribution is 2.18. The van der Waals surface area contributed by atoms with Gasteiger partial charge in [0.25, 0.3) is 10.7 Å². The van der Waals surface area contributed by atoms with E-state index < -0.39 is 0 Å². The number of nitrogens with zero attached hydrogens (tertiary/aromatic N) is 4. The lowest BCUT2D eigenvalue weighted by Gasteiger charge is -2.34. The number of aromatic nitrogens is 2. The molecule has 1 saturated heterocycles. The van der Waals surface area contributed by atoms with Crippen LogP contribution in [0.15, 0.2) is 52.3 Å². The fourth-order valence-corrected chi connectivity index (χ4v) is 3.80. The van der Waals surface area contributed by atoms with Gasteiger partial charge in [0.15, 0.2) is 0 Å². The second kappa shape index (κ2) is 7.53. The summed E-state index contributed by atoms with van der Waals surface area (Å²) in [5, 5.41) is 6.42. The smallest absolute Gasteiger partial charge is 0.288 e. The van der Waals surface area contributed by atoms with Crippen molar-refractivity contribution in [3.05, 3.63) is 57.6 Å². The first-order valence-electron chi connectivity index (χ1n) is 8.39. The highest BCUT2D eigenvalue weighted by atomic mass is 32.1. The van der Waals surface area contributed by atoms with Crippen molar-refractivity contribution in [3.8, 4) is 11.5 Å². The summed E-state index contributed by atoms with van der Waals surface area (Å²) in [4.78, 5) is 17.7. The second-order valence-corrected chi connectivity index (χ2v) is 7.36. The molecule has 4 rings (SSSR count). The Morgan fingerprint density at radius 2 is 1.88 bits per heavy atom. The summed E-state index contributed by atoms with van der Waals surface area (Å²) in [6.45, 7) is 3.54. The van der Waals surface area contributed by atoms with Crippen LogP contribution in [0.2, 0.25) is 0 Å². The van der Waals surface area contributed by atoms with E-state index in [0.717, 1.165) is 23.5 Å². The van der Waals surface area contributed by atoms with Crippen LogP contribution in [0.25, 0.3) is 11.5 Å². The van der Waals surface area contributed by atoms with Crippen LogP contribution in [0.1, 0.15) is 9.67 Å². The lowest BCUT2D eigenvalue weighted by molar-refractivity contribution is 0.0588. The summed E-state index contributed by atoms with van der Waals surface area (Å²) in [6, 6.07) is 13.5. The maximum atomic E-state index is 12.4. The van der Waals surface area contributed by atoms with Gasteiger partial charge in [-0.15, -0.1) is 16.4 Å². The average molecular weight is 387 g/mol. The van der Waals surface area contributed by atoms with Crippen LogP contribution in [-0.2, 0) is 6.67 Å². The van der Waals surface area contributed by atoms with Gasteiger partial charge in [0.1, 0.15) is 0 Å². The maximum absolute atomic E-state index is 12.4. The van der Waals surface area contributed by atoms with Gasteiger partial charge < -0.3 is 9.32 Å². The molecule has 0 aliphatic carbocycles. The van der Waals surface area contributed by atoms with Gasteiger partial charge in [-0.1, -0.05) is 24.3 Å². The zero-order chi connectivity index (χ0) is 17.9. The van der Waals surface area contributed by atoms with Crippen molar-refractivity contribution in [3.63, 3.8) is 0 Å². The fourth-order valence-electron chi connectivity index (χ4n) is 2.93. The first-order valence-corrected chi connectivity index (χ1v) is 9.68. The Morgan fingerprint density at radius 3 is 2.58 bits per heavy atom. The first-order chi connectivity index (χ1) is 12.7. The molecular weight excluding hydrogens is 368 g/mol. The number of hydrogen-bond donors (Lipinski definition) is 0. The van der Waals surface area contributed by atoms with Crippen molar-refractivity contribution in [1.82, 2.24) is 19.6 Å². The van der Waals surface area contributed by atoms with Crippen molar-refractivity contribution in [2.24, 2.45) is 0 Å². The molecule has 6 nitrogen and oxygen atoms in total. The standard InChI is InChI=1S/C18H18N4O2S2/c23-17(15-7-4-12-26-15)21-10-8-20(9-11-21)13-22-18(25)24-16(19-22)14-5-2-1-3-6-14/h1-7,12H,8-11,13H2. The molecule has 1 amide bonds. The zero-order valence-corrected chi connectivity index (χ0v) is 15.7. The molecule has 0 bridgehead atoms. The van der Waals surface area contributed by atoms with Crippen LogP contribution in [0.4, 0.5) is 0 Å². The summed E-state index contributed by atoms with van der Waals surface area (Å²) in [7, 11) is 0. The van der Waals surface area contributed by atoms with Gasteiger partial charge in [-0.25, -0.2) is 4.68 Å². The number of rotatable bonds is 4. The van der Waals surface area contributed by atoms with Crippen molar-refractivity contribution < 1.29 is 9.21 Å². The highest BCUT2D eigenvalue weighted by molar-refractivity contribution is 7.71. The lowest BCUT2D eigenvalue weighted by Crippen LogP contribution is -2.48. The fraction of sp³-hybridized carbons (Fsp3) is 0.278. The van der Waals surface area contributed by atoms with Gasteiger partial charge in [0.2, 0.25) is 5.89 Å². The molecule has 1 aromatic carbocycles. The SMILES string of the molecule is O=C(c1cccs1)N1CCN(Cn2nc(-c3ccccc3)oc2=S)CC1. The Hall–Kier alpha value is -2.29. The van der Waals surface area contributed by atoms with E-state index in [1.807, 2.05) is 52.7 Å². The first kappa shape index (κ1) is 17.1. The normalized spacial score (nSPS) is 15.3. The second-order valence-electron chi connectivity index (χ2n) is 6.07. The van der Waals surface area contributed by atoms with Crippen LogP contribution in [-0.4, -0.2) is 51.7 Å². The summed E-state index contributed by atoms with van der Waals surface area (Å²) >= 11 is 6.79. The van der Waals surface area contributed by atoms with E-state index >= 15 is 0 Å². The monoisotopic (exact) mass is 386 g/mol. The summed E-state index contributed by atoms with van der Waals surface area (Å²) in [6.07, 6.45) is 0. The van der Waals surface area contributed by atoms with Crippen molar-refractivity contribution >= 4 is 29.5 Å². The minimum atomic E-state index is 0.115. The molecule has 26 heavy (non-hydrogen) atoms. The lowest BCUT2D eigenvalue weighted by atomic mass is 10.2. The molecule has 0 spiro atoms. The summed E-state index contributed by atoms with van der Waals surface area (Å²) < 4.78 is 7.33. The van der Waals surface area contributed by atoms with E-state index in [0.29, 0.717) is 30.5 Å². The van der Waals surface area contributed by atoms with Gasteiger partial charge in [0.05, 0.1) is 11.5 Å². The van der Waals surface area contributed by atoms with Gasteiger partial charge in [-0.2, -0.15) is 0 Å². The molecule has 1 aliphatic rings. The van der Waals surface area contributed by atoms with Gasteiger partial charge in [-0.3, -0.25) is 9.69 Å². The largest absolute Gasteiger partial charge is 0.409 e. The van der Waals surface area contributed by atoms with E-state index in [9.17, 15) is 4.79 Å². The molecule has 8 heteroatoms. The molecule has 3 aromatic rings. The van der Waals surface area contributed by atoms with Crippen LogP contribution >= 0.6 is 23.6 Å². The van der Waals surface area contributed by atoms with E-state index in [1.54, 1.807) is 4.68 Å². The van der Waals surface area contributed by atoms with Gasteiger partial charge in [0, 0.05) is 31.7 Å². The van der Waals surface area contributed by atoms with Crippen LogP contribution in [0.5, 0.6) is 0 Å². The maximum Gasteiger partial charge on any atom is 0.288 e. The van der Waals surface area contributed by atoms with E-state index in [1.165, 1.54) is 11.3 Å². The Balaban J connectivity index is 1.38. The van der Waals surface area contributed by atoms with Crippen molar-refractivity contribution in [1.29, 1.82) is 0 Å². The third-order valence-electron chi connectivity index (χ3n) is 4.35. The number of carbonyl (C=O) groups is 1. The minimum Gasteiger partial charge on any atom is -0.409 e. The molecule has 1 aliphatic heterocycles. The third kappa shape index (κ3) is 3.62. The van der Waals surface area contributed by atoms with Crippen LogP contribution < -0.4 is 0 Å². The summed E-state index contributed by atoms with van der Waals surface area (Å²) in [5.74, 6) is 0.645. The Bertz CT molecular complexity index is 926. The van der Waals surface area contributed by atoms with E-state index in [-0.39, 0.29) is 5.91 Å². The van der Waals surface area contributed by atoms with Crippen molar-refractivity contribution in [2.45, 2.75) is 6.67 Å². The molecule has 0 radical (unpaired) electrons. The van der Waals surface area contributed by atoms with Crippen LogP contribution in [0.3, 0.4) is 0 Å². The number of benzene rings is 1.